The quantitative estimate of drug-likeness (QED) is 0.401. The highest BCUT2D eigenvalue weighted by molar-refractivity contribution is 7.99. The number of hydrogen-bond acceptors (Lipinski definition) is 4. The van der Waals surface area contributed by atoms with Crippen LogP contribution in [0, 0.1) is 0 Å². The fraction of sp³-hybridized carbons (Fsp3) is 0.375. The number of ketones is 1. The number of carbonyl (C=O) groups is 1. The smallest absolute Gasteiger partial charge is 0.192 e. The number of Topliss-reactive ketones (excluding diaryl/α,β-unsaturated/α-hetero) is 1. The van der Waals surface area contributed by atoms with Crippen molar-refractivity contribution in [2.75, 3.05) is 19.8 Å². The Morgan fingerprint density at radius 3 is 2.30 bits per heavy atom. The zero-order valence-electron chi connectivity index (χ0n) is 18.3. The molecule has 3 rings (SSSR count). The molecule has 1 heterocycles. The Bertz CT molecular complexity index is 951. The molecule has 30 heavy (non-hydrogen) atoms. The molecule has 0 aliphatic rings. The molecule has 1 atom stereocenters. The molecule has 5 nitrogen and oxygen atoms in total. The van der Waals surface area contributed by atoms with Crippen molar-refractivity contribution < 1.29 is 9.69 Å². The molecule has 6 heteroatoms. The van der Waals surface area contributed by atoms with Gasteiger partial charge in [-0.2, -0.15) is 0 Å². The molecular formula is C24H31N4OS+. The molecule has 0 saturated carbocycles. The average Bonchev–Trinajstić information content (AvgIpc) is 3.15. The fourth-order valence-electron chi connectivity index (χ4n) is 3.57. The lowest BCUT2D eigenvalue weighted by Crippen LogP contribution is -3.06. The first-order chi connectivity index (χ1) is 14.5. The van der Waals surface area contributed by atoms with E-state index in [2.05, 4.69) is 54.8 Å². The van der Waals surface area contributed by atoms with Crippen LogP contribution in [0.15, 0.2) is 59.8 Å². The Kier molecular flexibility index (Phi) is 7.82. The summed E-state index contributed by atoms with van der Waals surface area (Å²) < 4.78 is 2.18. The minimum atomic E-state index is 0.115. The van der Waals surface area contributed by atoms with E-state index in [-0.39, 0.29) is 11.8 Å². The average molecular weight is 424 g/mol. The van der Waals surface area contributed by atoms with Gasteiger partial charge in [0.2, 0.25) is 0 Å². The Morgan fingerprint density at radius 2 is 1.70 bits per heavy atom. The van der Waals surface area contributed by atoms with Crippen LogP contribution in [0.2, 0.25) is 0 Å². The van der Waals surface area contributed by atoms with Crippen LogP contribution >= 0.6 is 11.8 Å². The fourth-order valence-corrected chi connectivity index (χ4v) is 4.41. The van der Waals surface area contributed by atoms with Crippen molar-refractivity contribution in [1.82, 2.24) is 14.8 Å². The van der Waals surface area contributed by atoms with Crippen LogP contribution < -0.4 is 4.90 Å². The van der Waals surface area contributed by atoms with E-state index in [0.29, 0.717) is 12.3 Å². The zero-order valence-corrected chi connectivity index (χ0v) is 19.1. The minimum absolute atomic E-state index is 0.115. The second-order valence-corrected chi connectivity index (χ2v) is 8.66. The van der Waals surface area contributed by atoms with Gasteiger partial charge in [-0.1, -0.05) is 80.2 Å². The molecule has 0 amide bonds. The number of benzene rings is 2. The van der Waals surface area contributed by atoms with Gasteiger partial charge in [0.25, 0.3) is 0 Å². The van der Waals surface area contributed by atoms with Crippen molar-refractivity contribution in [3.8, 4) is 0 Å². The Hall–Kier alpha value is -2.44. The molecule has 0 saturated heterocycles. The van der Waals surface area contributed by atoms with Gasteiger partial charge in [-0.05, 0) is 17.5 Å². The monoisotopic (exact) mass is 423 g/mol. The van der Waals surface area contributed by atoms with E-state index in [1.165, 1.54) is 27.8 Å². The molecule has 0 aliphatic carbocycles. The molecule has 1 aromatic heterocycles. The number of rotatable bonds is 10. The van der Waals surface area contributed by atoms with Crippen molar-refractivity contribution >= 4 is 17.5 Å². The summed E-state index contributed by atoms with van der Waals surface area (Å²) >= 11 is 1.47. The molecular weight excluding hydrogens is 392 g/mol. The Morgan fingerprint density at radius 1 is 1.00 bits per heavy atom. The number of thioether (sulfide) groups is 1. The van der Waals surface area contributed by atoms with Crippen LogP contribution in [0.5, 0.6) is 0 Å². The maximum absolute atomic E-state index is 12.7. The SMILES string of the molecule is CCc1ccc(C(=O)CSc2nnc([C@@H](CC)[NH+](C)C)n2Cc2ccccc2)cc1. The summed E-state index contributed by atoms with van der Waals surface area (Å²) in [5.41, 5.74) is 3.19. The number of carbonyl (C=O) groups excluding carboxylic acids is 1. The zero-order chi connectivity index (χ0) is 21.5. The maximum Gasteiger partial charge on any atom is 0.192 e. The van der Waals surface area contributed by atoms with Gasteiger partial charge in [0, 0.05) is 12.0 Å². The predicted octanol–water partition coefficient (Wildman–Crippen LogP) is 3.46. The summed E-state index contributed by atoms with van der Waals surface area (Å²) in [7, 11) is 4.29. The molecule has 3 aromatic rings. The molecule has 0 bridgehead atoms. The van der Waals surface area contributed by atoms with Gasteiger partial charge in [0.15, 0.2) is 16.8 Å². The van der Waals surface area contributed by atoms with Crippen molar-refractivity contribution in [3.63, 3.8) is 0 Å². The number of hydrogen-bond donors (Lipinski definition) is 1. The van der Waals surface area contributed by atoms with E-state index in [1.54, 1.807) is 0 Å². The standard InChI is InChI=1S/C24H30N4OS/c1-5-18-12-14-20(15-13-18)22(29)17-30-24-26-25-23(21(6-2)27(3)4)28(24)16-19-10-8-7-9-11-19/h7-15,21H,5-6,16-17H2,1-4H3/p+1/t21-/m1/s1. The lowest BCUT2D eigenvalue weighted by Gasteiger charge is -2.20. The van der Waals surface area contributed by atoms with Gasteiger partial charge in [-0.3, -0.25) is 9.36 Å². The van der Waals surface area contributed by atoms with Gasteiger partial charge in [-0.25, -0.2) is 0 Å². The Balaban J connectivity index is 1.82. The van der Waals surface area contributed by atoms with Crippen molar-refractivity contribution in [1.29, 1.82) is 0 Å². The summed E-state index contributed by atoms with van der Waals surface area (Å²) in [6, 6.07) is 18.5. The van der Waals surface area contributed by atoms with Gasteiger partial charge in [-0.15, -0.1) is 10.2 Å². The highest BCUT2D eigenvalue weighted by atomic mass is 32.2. The van der Waals surface area contributed by atoms with Crippen LogP contribution in [0.1, 0.15) is 53.6 Å². The number of nitrogens with zero attached hydrogens (tertiary/aromatic N) is 3. The van der Waals surface area contributed by atoms with E-state index < -0.39 is 0 Å². The molecule has 158 valence electrons. The lowest BCUT2D eigenvalue weighted by molar-refractivity contribution is -0.893. The second-order valence-electron chi connectivity index (χ2n) is 7.71. The molecule has 0 fully saturated rings. The van der Waals surface area contributed by atoms with E-state index in [0.717, 1.165) is 29.4 Å². The topological polar surface area (TPSA) is 52.2 Å². The van der Waals surface area contributed by atoms with Gasteiger partial charge in [0.05, 0.1) is 26.4 Å². The van der Waals surface area contributed by atoms with Gasteiger partial charge >= 0.3 is 0 Å². The maximum atomic E-state index is 12.7. The highest BCUT2D eigenvalue weighted by Crippen LogP contribution is 2.23. The van der Waals surface area contributed by atoms with Gasteiger partial charge in [0.1, 0.15) is 6.04 Å². The summed E-state index contributed by atoms with van der Waals surface area (Å²) in [5, 5.41) is 9.80. The van der Waals surface area contributed by atoms with Crippen LogP contribution in [-0.2, 0) is 13.0 Å². The molecule has 1 N–H and O–H groups in total. The number of aromatic nitrogens is 3. The third-order valence-corrected chi connectivity index (χ3v) is 6.33. The minimum Gasteiger partial charge on any atom is -0.331 e. The Labute approximate surface area is 183 Å². The van der Waals surface area contributed by atoms with Crippen LogP contribution in [0.3, 0.4) is 0 Å². The number of aryl methyl sites for hydroxylation is 1. The van der Waals surface area contributed by atoms with Crippen molar-refractivity contribution in [2.24, 2.45) is 0 Å². The van der Waals surface area contributed by atoms with E-state index >= 15 is 0 Å². The third-order valence-electron chi connectivity index (χ3n) is 5.36. The van der Waals surface area contributed by atoms with E-state index in [4.69, 9.17) is 0 Å². The lowest BCUT2D eigenvalue weighted by atomic mass is 10.1. The third kappa shape index (κ3) is 5.37. The molecule has 2 aromatic carbocycles. The first-order valence-electron chi connectivity index (χ1n) is 10.6. The van der Waals surface area contributed by atoms with Crippen molar-refractivity contribution in [3.05, 3.63) is 77.1 Å². The summed E-state index contributed by atoms with van der Waals surface area (Å²) in [4.78, 5) is 14.0. The first-order valence-corrected chi connectivity index (χ1v) is 11.5. The highest BCUT2D eigenvalue weighted by Gasteiger charge is 2.25. The number of nitrogens with one attached hydrogen (secondary N) is 1. The summed E-state index contributed by atoms with van der Waals surface area (Å²) in [6.07, 6.45) is 1.95. The molecule has 0 aliphatic heterocycles. The van der Waals surface area contributed by atoms with Gasteiger partial charge < -0.3 is 4.90 Å². The summed E-state index contributed by atoms with van der Waals surface area (Å²) in [6.45, 7) is 4.99. The first kappa shape index (κ1) is 22.2. The van der Waals surface area contributed by atoms with Crippen molar-refractivity contribution in [2.45, 2.75) is 44.4 Å². The molecule has 0 spiro atoms. The van der Waals surface area contributed by atoms with Crippen LogP contribution in [-0.4, -0.2) is 40.4 Å². The van der Waals surface area contributed by atoms with E-state index in [1.807, 2.05) is 42.5 Å². The number of quaternary nitrogens is 1. The largest absolute Gasteiger partial charge is 0.331 e. The molecule has 0 unspecified atom stereocenters. The predicted molar refractivity (Wildman–Crippen MR) is 122 cm³/mol. The van der Waals surface area contributed by atoms with E-state index in [9.17, 15) is 4.79 Å². The van der Waals surface area contributed by atoms with Crippen LogP contribution in [0.4, 0.5) is 0 Å². The summed E-state index contributed by atoms with van der Waals surface area (Å²) in [5.74, 6) is 1.44. The molecule has 0 radical (unpaired) electrons. The normalized spacial score (nSPS) is 12.3. The second kappa shape index (κ2) is 10.5. The van der Waals surface area contributed by atoms with Crippen LogP contribution in [0.25, 0.3) is 0 Å².